The first-order valence-electron chi connectivity index (χ1n) is 6.71. The second-order valence-electron chi connectivity index (χ2n) is 5.34. The Kier molecular flexibility index (Phi) is 4.06. The Bertz CT molecular complexity index is 369. The van der Waals surface area contributed by atoms with Gasteiger partial charge in [-0.2, -0.15) is 0 Å². The minimum Gasteiger partial charge on any atom is -0.374 e. The van der Waals surface area contributed by atoms with Crippen LogP contribution in [0.15, 0.2) is 18.2 Å². The number of hydrogen-bond acceptors (Lipinski definition) is 2. The molecule has 0 amide bonds. The van der Waals surface area contributed by atoms with E-state index in [0.29, 0.717) is 0 Å². The van der Waals surface area contributed by atoms with Crippen molar-refractivity contribution in [3.63, 3.8) is 0 Å². The van der Waals surface area contributed by atoms with E-state index in [1.54, 1.807) is 0 Å². The lowest BCUT2D eigenvalue weighted by atomic mass is 9.85. The molecule has 0 bridgehead atoms. The van der Waals surface area contributed by atoms with Gasteiger partial charge in [0.1, 0.15) is 0 Å². The van der Waals surface area contributed by atoms with Gasteiger partial charge in [-0.05, 0) is 55.8 Å². The lowest BCUT2D eigenvalue weighted by Gasteiger charge is -2.32. The molecule has 1 fully saturated rings. The summed E-state index contributed by atoms with van der Waals surface area (Å²) in [6, 6.07) is 6.74. The molecule has 0 saturated heterocycles. The Morgan fingerprint density at radius 2 is 2.12 bits per heavy atom. The van der Waals surface area contributed by atoms with Crippen molar-refractivity contribution in [1.29, 1.82) is 0 Å². The molecular weight excluding hydrogens is 208 g/mol. The van der Waals surface area contributed by atoms with Gasteiger partial charge in [0.2, 0.25) is 0 Å². The summed E-state index contributed by atoms with van der Waals surface area (Å²) in [5.74, 6) is 0.920. The number of nitrogens with zero attached hydrogens (tertiary/aromatic N) is 1. The first-order chi connectivity index (χ1) is 8.20. The van der Waals surface area contributed by atoms with Crippen molar-refractivity contribution >= 4 is 5.69 Å². The number of aryl methyl sites for hydroxylation is 1. The number of benzene rings is 1. The molecule has 1 aromatic rings. The summed E-state index contributed by atoms with van der Waals surface area (Å²) in [7, 11) is 2.21. The first-order valence-corrected chi connectivity index (χ1v) is 6.71. The van der Waals surface area contributed by atoms with E-state index >= 15 is 0 Å². The van der Waals surface area contributed by atoms with Gasteiger partial charge in [-0.25, -0.2) is 0 Å². The molecular formula is C15H24N2. The Hall–Kier alpha value is -1.02. The molecule has 1 aliphatic rings. The average Bonchev–Trinajstić information content (AvgIpc) is 2.24. The van der Waals surface area contributed by atoms with Gasteiger partial charge < -0.3 is 10.6 Å². The predicted molar refractivity (Wildman–Crippen MR) is 74.5 cm³/mol. The summed E-state index contributed by atoms with van der Waals surface area (Å²) in [6.45, 7) is 4.14. The molecule has 1 aliphatic carbocycles. The molecule has 1 saturated carbocycles. The van der Waals surface area contributed by atoms with Crippen LogP contribution in [0.1, 0.15) is 30.4 Å². The highest BCUT2D eigenvalue weighted by molar-refractivity contribution is 5.54. The predicted octanol–water partition coefficient (Wildman–Crippen LogP) is 2.73. The minimum absolute atomic E-state index is 0.733. The standard InChI is InChI=1S/C15H24N2/c1-12-10-13(8-9-16)6-7-15(12)17(2)11-14-4-3-5-14/h6-7,10,14H,3-5,8-9,11,16H2,1-2H3. The molecule has 2 rings (SSSR count). The zero-order valence-corrected chi connectivity index (χ0v) is 11.1. The highest BCUT2D eigenvalue weighted by atomic mass is 15.1. The van der Waals surface area contributed by atoms with Gasteiger partial charge in [0.25, 0.3) is 0 Å². The van der Waals surface area contributed by atoms with E-state index in [9.17, 15) is 0 Å². The van der Waals surface area contributed by atoms with Crippen molar-refractivity contribution in [2.45, 2.75) is 32.6 Å². The number of rotatable bonds is 5. The molecule has 0 aromatic heterocycles. The van der Waals surface area contributed by atoms with Crippen LogP contribution in [0.4, 0.5) is 5.69 Å². The second-order valence-corrected chi connectivity index (χ2v) is 5.34. The molecule has 2 nitrogen and oxygen atoms in total. The van der Waals surface area contributed by atoms with E-state index in [1.807, 2.05) is 0 Å². The molecule has 2 heteroatoms. The lowest BCUT2D eigenvalue weighted by molar-refractivity contribution is 0.321. The highest BCUT2D eigenvalue weighted by Crippen LogP contribution is 2.29. The van der Waals surface area contributed by atoms with E-state index in [4.69, 9.17) is 5.73 Å². The van der Waals surface area contributed by atoms with Crippen LogP contribution in [0.2, 0.25) is 0 Å². The molecule has 0 unspecified atom stereocenters. The summed E-state index contributed by atoms with van der Waals surface area (Å²) in [6.07, 6.45) is 5.23. The van der Waals surface area contributed by atoms with Crippen LogP contribution in [0, 0.1) is 12.8 Å². The molecule has 2 N–H and O–H groups in total. The van der Waals surface area contributed by atoms with Gasteiger partial charge in [0, 0.05) is 19.3 Å². The maximum Gasteiger partial charge on any atom is 0.0393 e. The van der Waals surface area contributed by atoms with Crippen LogP contribution in [-0.4, -0.2) is 20.1 Å². The molecule has 0 aliphatic heterocycles. The summed E-state index contributed by atoms with van der Waals surface area (Å²) >= 11 is 0. The van der Waals surface area contributed by atoms with Gasteiger partial charge in [-0.3, -0.25) is 0 Å². The maximum absolute atomic E-state index is 5.59. The van der Waals surface area contributed by atoms with Crippen LogP contribution >= 0.6 is 0 Å². The topological polar surface area (TPSA) is 29.3 Å². The van der Waals surface area contributed by atoms with Crippen LogP contribution < -0.4 is 10.6 Å². The van der Waals surface area contributed by atoms with Crippen molar-refractivity contribution in [1.82, 2.24) is 0 Å². The number of nitrogens with two attached hydrogens (primary N) is 1. The average molecular weight is 232 g/mol. The quantitative estimate of drug-likeness (QED) is 0.846. The van der Waals surface area contributed by atoms with Crippen LogP contribution in [0.25, 0.3) is 0 Å². The zero-order chi connectivity index (χ0) is 12.3. The summed E-state index contributed by atoms with van der Waals surface area (Å²) in [5, 5.41) is 0. The minimum atomic E-state index is 0.733. The molecule has 17 heavy (non-hydrogen) atoms. The lowest BCUT2D eigenvalue weighted by Crippen LogP contribution is -2.29. The fraction of sp³-hybridized carbons (Fsp3) is 0.600. The normalized spacial score (nSPS) is 15.7. The number of hydrogen-bond donors (Lipinski definition) is 1. The van der Waals surface area contributed by atoms with E-state index in [-0.39, 0.29) is 0 Å². The Balaban J connectivity index is 2.03. The number of anilines is 1. The molecule has 0 radical (unpaired) electrons. The third-order valence-corrected chi connectivity index (χ3v) is 3.86. The third kappa shape index (κ3) is 3.01. The summed E-state index contributed by atoms with van der Waals surface area (Å²) in [5.41, 5.74) is 9.69. The van der Waals surface area contributed by atoms with Crippen LogP contribution in [-0.2, 0) is 6.42 Å². The SMILES string of the molecule is Cc1cc(CCN)ccc1N(C)CC1CCC1. The summed E-state index contributed by atoms with van der Waals surface area (Å²) < 4.78 is 0. The van der Waals surface area contributed by atoms with Gasteiger partial charge in [-0.15, -0.1) is 0 Å². The van der Waals surface area contributed by atoms with Gasteiger partial charge >= 0.3 is 0 Å². The third-order valence-electron chi connectivity index (χ3n) is 3.86. The van der Waals surface area contributed by atoms with Crippen LogP contribution in [0.5, 0.6) is 0 Å². The first kappa shape index (κ1) is 12.4. The second kappa shape index (κ2) is 5.54. The van der Waals surface area contributed by atoms with Crippen LogP contribution in [0.3, 0.4) is 0 Å². The smallest absolute Gasteiger partial charge is 0.0393 e. The van der Waals surface area contributed by atoms with Crippen molar-refractivity contribution in [3.05, 3.63) is 29.3 Å². The van der Waals surface area contributed by atoms with Gasteiger partial charge in [0.05, 0.1) is 0 Å². The molecule has 1 aromatic carbocycles. The van der Waals surface area contributed by atoms with E-state index < -0.39 is 0 Å². The molecule has 0 atom stereocenters. The van der Waals surface area contributed by atoms with Gasteiger partial charge in [0.15, 0.2) is 0 Å². The van der Waals surface area contributed by atoms with Gasteiger partial charge in [-0.1, -0.05) is 18.6 Å². The Labute approximate surface area is 105 Å². The fourth-order valence-corrected chi connectivity index (χ4v) is 2.63. The van der Waals surface area contributed by atoms with Crippen molar-refractivity contribution in [2.75, 3.05) is 25.0 Å². The van der Waals surface area contributed by atoms with E-state index in [1.165, 1.54) is 42.6 Å². The van der Waals surface area contributed by atoms with E-state index in [2.05, 4.69) is 37.1 Å². The molecule has 94 valence electrons. The van der Waals surface area contributed by atoms with Crippen molar-refractivity contribution in [3.8, 4) is 0 Å². The zero-order valence-electron chi connectivity index (χ0n) is 11.1. The summed E-state index contributed by atoms with van der Waals surface area (Å²) in [4.78, 5) is 2.41. The molecule has 0 spiro atoms. The Morgan fingerprint density at radius 1 is 1.35 bits per heavy atom. The monoisotopic (exact) mass is 232 g/mol. The highest BCUT2D eigenvalue weighted by Gasteiger charge is 2.19. The van der Waals surface area contributed by atoms with Crippen molar-refractivity contribution in [2.24, 2.45) is 11.7 Å². The van der Waals surface area contributed by atoms with E-state index in [0.717, 1.165) is 18.9 Å². The van der Waals surface area contributed by atoms with Crippen molar-refractivity contribution < 1.29 is 0 Å². The fourth-order valence-electron chi connectivity index (χ4n) is 2.63. The largest absolute Gasteiger partial charge is 0.374 e. The maximum atomic E-state index is 5.59. The molecule has 0 heterocycles. The Morgan fingerprint density at radius 3 is 2.65 bits per heavy atom.